The highest BCUT2D eigenvalue weighted by molar-refractivity contribution is 7.89. The Morgan fingerprint density at radius 2 is 1.88 bits per heavy atom. The van der Waals surface area contributed by atoms with Gasteiger partial charge in [0.05, 0.1) is 14.9 Å². The molecule has 4 rings (SSSR count). The molecule has 7 heteroatoms. The van der Waals surface area contributed by atoms with Crippen LogP contribution in [0.15, 0.2) is 47.4 Å². The molecule has 2 aromatic carbocycles. The maximum atomic E-state index is 12.7. The Morgan fingerprint density at radius 1 is 1.08 bits per heavy atom. The second-order valence-electron chi connectivity index (χ2n) is 6.26. The van der Waals surface area contributed by atoms with Gasteiger partial charge in [-0.15, -0.1) is 0 Å². The number of sulfonamides is 1. The Labute approximate surface area is 156 Å². The van der Waals surface area contributed by atoms with Crippen molar-refractivity contribution >= 4 is 44.1 Å². The minimum Gasteiger partial charge on any atom is -0.358 e. The largest absolute Gasteiger partial charge is 0.358 e. The SMILES string of the molecule is O=S(=O)(NC1CCc2[nH]c3ccccc3c2C1)c1ccc(Cl)c(Cl)c1. The zero-order valence-electron chi connectivity index (χ0n) is 13.2. The number of aromatic nitrogens is 1. The van der Waals surface area contributed by atoms with Crippen molar-refractivity contribution in [1.82, 2.24) is 9.71 Å². The van der Waals surface area contributed by atoms with E-state index < -0.39 is 10.0 Å². The predicted octanol–water partition coefficient (Wildman–Crippen LogP) is 4.31. The summed E-state index contributed by atoms with van der Waals surface area (Å²) in [5.74, 6) is 0. The minimum absolute atomic E-state index is 0.131. The van der Waals surface area contributed by atoms with Crippen LogP contribution < -0.4 is 4.72 Å². The van der Waals surface area contributed by atoms with Gasteiger partial charge in [-0.3, -0.25) is 0 Å². The van der Waals surface area contributed by atoms with Crippen LogP contribution in [0.25, 0.3) is 10.9 Å². The van der Waals surface area contributed by atoms with Gasteiger partial charge in [-0.05, 0) is 49.1 Å². The molecule has 0 bridgehead atoms. The van der Waals surface area contributed by atoms with Gasteiger partial charge in [-0.1, -0.05) is 41.4 Å². The molecule has 1 heterocycles. The van der Waals surface area contributed by atoms with Gasteiger partial charge in [0.25, 0.3) is 0 Å². The summed E-state index contributed by atoms with van der Waals surface area (Å²) in [7, 11) is -3.64. The first-order valence-corrected chi connectivity index (χ1v) is 10.2. The van der Waals surface area contributed by atoms with Gasteiger partial charge in [0.1, 0.15) is 0 Å². The number of halogens is 2. The van der Waals surface area contributed by atoms with Gasteiger partial charge in [-0.2, -0.15) is 0 Å². The van der Waals surface area contributed by atoms with Crippen LogP contribution in [-0.2, 0) is 22.9 Å². The van der Waals surface area contributed by atoms with Crippen molar-refractivity contribution in [2.75, 3.05) is 0 Å². The highest BCUT2D eigenvalue weighted by Gasteiger charge is 2.27. The number of hydrogen-bond acceptors (Lipinski definition) is 2. The number of benzene rings is 2. The van der Waals surface area contributed by atoms with Crippen molar-refractivity contribution in [3.8, 4) is 0 Å². The van der Waals surface area contributed by atoms with Crippen molar-refractivity contribution in [3.63, 3.8) is 0 Å². The van der Waals surface area contributed by atoms with E-state index in [0.717, 1.165) is 23.7 Å². The summed E-state index contributed by atoms with van der Waals surface area (Å²) >= 11 is 11.8. The van der Waals surface area contributed by atoms with E-state index in [2.05, 4.69) is 15.8 Å². The maximum Gasteiger partial charge on any atom is 0.240 e. The first-order valence-electron chi connectivity index (χ1n) is 8.00. The Kier molecular flexibility index (Phi) is 4.28. The number of rotatable bonds is 3. The average Bonchev–Trinajstić information content (AvgIpc) is 2.95. The predicted molar refractivity (Wildman–Crippen MR) is 101 cm³/mol. The van der Waals surface area contributed by atoms with Crippen LogP contribution in [0.5, 0.6) is 0 Å². The van der Waals surface area contributed by atoms with Crippen molar-refractivity contribution < 1.29 is 8.42 Å². The molecule has 3 aromatic rings. The number of aryl methyl sites for hydroxylation is 1. The highest BCUT2D eigenvalue weighted by atomic mass is 35.5. The standard InChI is InChI=1S/C18H16Cl2N2O2S/c19-15-7-6-12(10-16(15)20)25(23,24)22-11-5-8-18-14(9-11)13-3-1-2-4-17(13)21-18/h1-4,6-7,10-11,21-22H,5,8-9H2. The normalized spacial score (nSPS) is 17.6. The molecule has 4 nitrogen and oxygen atoms in total. The van der Waals surface area contributed by atoms with Crippen LogP contribution in [0, 0.1) is 0 Å². The second-order valence-corrected chi connectivity index (χ2v) is 8.79. The van der Waals surface area contributed by atoms with Crippen LogP contribution in [0.1, 0.15) is 17.7 Å². The number of aromatic amines is 1. The molecule has 1 aromatic heterocycles. The monoisotopic (exact) mass is 394 g/mol. The van der Waals surface area contributed by atoms with E-state index in [4.69, 9.17) is 23.2 Å². The Balaban J connectivity index is 1.60. The van der Waals surface area contributed by atoms with Crippen molar-refractivity contribution in [1.29, 1.82) is 0 Å². The summed E-state index contributed by atoms with van der Waals surface area (Å²) in [5.41, 5.74) is 3.50. The Morgan fingerprint density at radius 3 is 2.68 bits per heavy atom. The fraction of sp³-hybridized carbons (Fsp3) is 0.222. The van der Waals surface area contributed by atoms with E-state index in [1.807, 2.05) is 18.2 Å². The number of H-pyrrole nitrogens is 1. The zero-order valence-corrected chi connectivity index (χ0v) is 15.5. The van der Waals surface area contributed by atoms with E-state index in [1.54, 1.807) is 0 Å². The fourth-order valence-electron chi connectivity index (χ4n) is 3.40. The summed E-state index contributed by atoms with van der Waals surface area (Å²) in [5, 5.41) is 1.73. The van der Waals surface area contributed by atoms with Crippen molar-refractivity contribution in [2.24, 2.45) is 0 Å². The third-order valence-electron chi connectivity index (χ3n) is 4.62. The molecule has 2 N–H and O–H groups in total. The van der Waals surface area contributed by atoms with Crippen LogP contribution in [0.2, 0.25) is 10.0 Å². The quantitative estimate of drug-likeness (QED) is 0.694. The lowest BCUT2D eigenvalue weighted by molar-refractivity contribution is 0.506. The molecule has 0 saturated carbocycles. The van der Waals surface area contributed by atoms with E-state index in [0.29, 0.717) is 11.4 Å². The van der Waals surface area contributed by atoms with Gasteiger partial charge in [0, 0.05) is 22.6 Å². The molecule has 0 saturated heterocycles. The lowest BCUT2D eigenvalue weighted by Gasteiger charge is -2.23. The first-order chi connectivity index (χ1) is 11.9. The summed E-state index contributed by atoms with van der Waals surface area (Å²) in [6.07, 6.45) is 2.23. The van der Waals surface area contributed by atoms with E-state index in [-0.39, 0.29) is 16.0 Å². The molecule has 1 atom stereocenters. The first kappa shape index (κ1) is 16.9. The number of nitrogens with one attached hydrogen (secondary N) is 2. The molecule has 1 unspecified atom stereocenters. The van der Waals surface area contributed by atoms with Crippen LogP contribution in [0.4, 0.5) is 0 Å². The zero-order chi connectivity index (χ0) is 17.6. The lowest BCUT2D eigenvalue weighted by Crippen LogP contribution is -2.38. The van der Waals surface area contributed by atoms with Crippen LogP contribution in [0.3, 0.4) is 0 Å². The summed E-state index contributed by atoms with van der Waals surface area (Å²) < 4.78 is 28.1. The number of fused-ring (bicyclic) bond motifs is 3. The van der Waals surface area contributed by atoms with Crippen molar-refractivity contribution in [2.45, 2.75) is 30.2 Å². The Bertz CT molecular complexity index is 1060. The topological polar surface area (TPSA) is 62.0 Å². The molecule has 0 aliphatic heterocycles. The average molecular weight is 395 g/mol. The van der Waals surface area contributed by atoms with Gasteiger partial charge in [0.2, 0.25) is 10.0 Å². The smallest absolute Gasteiger partial charge is 0.240 e. The third kappa shape index (κ3) is 3.17. The molecule has 25 heavy (non-hydrogen) atoms. The molecule has 1 aliphatic rings. The number of hydrogen-bond donors (Lipinski definition) is 2. The maximum absolute atomic E-state index is 12.7. The molecule has 130 valence electrons. The molecule has 1 aliphatic carbocycles. The summed E-state index contributed by atoms with van der Waals surface area (Å²) in [6.45, 7) is 0. The Hall–Kier alpha value is -1.53. The van der Waals surface area contributed by atoms with Gasteiger partial charge < -0.3 is 4.98 Å². The minimum atomic E-state index is -3.64. The third-order valence-corrected chi connectivity index (χ3v) is 6.88. The van der Waals surface area contributed by atoms with E-state index in [1.165, 1.54) is 29.5 Å². The number of para-hydroxylation sites is 1. The molecule has 0 spiro atoms. The van der Waals surface area contributed by atoms with E-state index in [9.17, 15) is 8.42 Å². The van der Waals surface area contributed by atoms with Crippen molar-refractivity contribution in [3.05, 3.63) is 63.8 Å². The molecular weight excluding hydrogens is 379 g/mol. The van der Waals surface area contributed by atoms with Gasteiger partial charge >= 0.3 is 0 Å². The van der Waals surface area contributed by atoms with E-state index >= 15 is 0 Å². The van der Waals surface area contributed by atoms with Crippen LogP contribution in [-0.4, -0.2) is 19.4 Å². The molecule has 0 radical (unpaired) electrons. The second kappa shape index (κ2) is 6.32. The van der Waals surface area contributed by atoms with Gasteiger partial charge in [0.15, 0.2) is 0 Å². The van der Waals surface area contributed by atoms with Crippen LogP contribution >= 0.6 is 23.2 Å². The molecule has 0 fully saturated rings. The lowest BCUT2D eigenvalue weighted by atomic mass is 9.92. The van der Waals surface area contributed by atoms with Gasteiger partial charge in [-0.25, -0.2) is 13.1 Å². The fourth-order valence-corrected chi connectivity index (χ4v) is 5.06. The molecular formula is C18H16Cl2N2O2S. The highest BCUT2D eigenvalue weighted by Crippen LogP contribution is 2.30. The summed E-state index contributed by atoms with van der Waals surface area (Å²) in [4.78, 5) is 3.57. The molecule has 0 amide bonds. The summed E-state index contributed by atoms with van der Waals surface area (Å²) in [6, 6.07) is 12.3.